The number of nitrogens with zero attached hydrogens (tertiary/aromatic N) is 4. The molecule has 0 bridgehead atoms. The molecule has 0 saturated heterocycles. The lowest BCUT2D eigenvalue weighted by Gasteiger charge is -2.12. The van der Waals surface area contributed by atoms with Crippen molar-refractivity contribution in [1.29, 1.82) is 0 Å². The molecule has 2 heterocycles. The normalized spacial score (nSPS) is 12.0. The van der Waals surface area contributed by atoms with Crippen LogP contribution in [0, 0.1) is 0 Å². The molecular weight excluding hydrogens is 333 g/mol. The molecule has 0 aliphatic rings. The first kappa shape index (κ1) is 15.6. The Kier molecular flexibility index (Phi) is 4.69. The second kappa shape index (κ2) is 6.89. The summed E-state index contributed by atoms with van der Waals surface area (Å²) in [6.45, 7) is 1.95. The van der Waals surface area contributed by atoms with E-state index in [4.69, 9.17) is 23.2 Å². The smallest absolute Gasteiger partial charge is 0.223 e. The van der Waals surface area contributed by atoms with Gasteiger partial charge < -0.3 is 5.32 Å². The summed E-state index contributed by atoms with van der Waals surface area (Å²) in [6.07, 6.45) is 6.87. The van der Waals surface area contributed by atoms with Gasteiger partial charge in [0.2, 0.25) is 5.95 Å². The van der Waals surface area contributed by atoms with Crippen molar-refractivity contribution in [3.05, 3.63) is 64.9 Å². The summed E-state index contributed by atoms with van der Waals surface area (Å²) in [5.74, 6) is 1.19. The van der Waals surface area contributed by atoms with Crippen molar-refractivity contribution in [2.24, 2.45) is 0 Å². The molecule has 0 saturated carbocycles. The molecule has 23 heavy (non-hydrogen) atoms. The Morgan fingerprint density at radius 1 is 0.913 bits per heavy atom. The van der Waals surface area contributed by atoms with Crippen LogP contribution in [0.15, 0.2) is 49.1 Å². The van der Waals surface area contributed by atoms with E-state index in [-0.39, 0.29) is 6.04 Å². The third kappa shape index (κ3) is 3.75. The van der Waals surface area contributed by atoms with Crippen LogP contribution in [0.5, 0.6) is 0 Å². The predicted molar refractivity (Wildman–Crippen MR) is 91.6 cm³/mol. The largest absolute Gasteiger partial charge is 0.344 e. The minimum atomic E-state index is -0.111. The molecule has 2 aromatic heterocycles. The van der Waals surface area contributed by atoms with Gasteiger partial charge in [0.25, 0.3) is 0 Å². The summed E-state index contributed by atoms with van der Waals surface area (Å²) in [4.78, 5) is 17.0. The Balaban J connectivity index is 1.77. The summed E-state index contributed by atoms with van der Waals surface area (Å²) >= 11 is 12.0. The van der Waals surface area contributed by atoms with Gasteiger partial charge in [-0.05, 0) is 30.7 Å². The molecule has 1 N–H and O–H groups in total. The molecule has 0 aliphatic carbocycles. The van der Waals surface area contributed by atoms with E-state index in [0.717, 1.165) is 11.1 Å². The van der Waals surface area contributed by atoms with Crippen molar-refractivity contribution in [2.45, 2.75) is 13.0 Å². The van der Waals surface area contributed by atoms with Crippen LogP contribution < -0.4 is 5.32 Å². The van der Waals surface area contributed by atoms with Crippen LogP contribution in [0.25, 0.3) is 11.1 Å². The molecule has 0 fully saturated rings. The SMILES string of the molecule is C[C@H](Nc1ncccn1)c1ncc(-c2ccc(Cl)c(Cl)c2)cn1. The zero-order valence-electron chi connectivity index (χ0n) is 12.2. The Morgan fingerprint density at radius 2 is 1.61 bits per heavy atom. The Bertz CT molecular complexity index is 793. The summed E-state index contributed by atoms with van der Waals surface area (Å²) in [6, 6.07) is 7.08. The second-order valence-corrected chi connectivity index (χ2v) is 5.71. The van der Waals surface area contributed by atoms with E-state index in [2.05, 4.69) is 25.3 Å². The van der Waals surface area contributed by atoms with E-state index in [1.54, 1.807) is 43.0 Å². The van der Waals surface area contributed by atoms with Gasteiger partial charge in [-0.15, -0.1) is 0 Å². The van der Waals surface area contributed by atoms with Gasteiger partial charge in [0.15, 0.2) is 0 Å². The molecule has 3 aromatic rings. The van der Waals surface area contributed by atoms with Gasteiger partial charge in [0, 0.05) is 30.4 Å². The molecule has 0 amide bonds. The number of benzene rings is 1. The minimum Gasteiger partial charge on any atom is -0.344 e. The molecule has 0 unspecified atom stereocenters. The number of rotatable bonds is 4. The first-order valence-corrected chi connectivity index (χ1v) is 7.70. The van der Waals surface area contributed by atoms with Crippen LogP contribution in [-0.4, -0.2) is 19.9 Å². The fourth-order valence-corrected chi connectivity index (χ4v) is 2.32. The van der Waals surface area contributed by atoms with Gasteiger partial charge >= 0.3 is 0 Å². The fourth-order valence-electron chi connectivity index (χ4n) is 2.02. The van der Waals surface area contributed by atoms with Gasteiger partial charge in [-0.1, -0.05) is 29.3 Å². The first-order valence-electron chi connectivity index (χ1n) is 6.94. The lowest BCUT2D eigenvalue weighted by Crippen LogP contribution is -2.12. The van der Waals surface area contributed by atoms with Crippen LogP contribution in [0.2, 0.25) is 10.0 Å². The molecule has 3 rings (SSSR count). The third-order valence-electron chi connectivity index (χ3n) is 3.22. The summed E-state index contributed by atoms with van der Waals surface area (Å²) in [7, 11) is 0. The second-order valence-electron chi connectivity index (χ2n) is 4.90. The van der Waals surface area contributed by atoms with Crippen molar-refractivity contribution in [1.82, 2.24) is 19.9 Å². The van der Waals surface area contributed by atoms with Crippen LogP contribution in [0.3, 0.4) is 0 Å². The highest BCUT2D eigenvalue weighted by Crippen LogP contribution is 2.28. The monoisotopic (exact) mass is 345 g/mol. The van der Waals surface area contributed by atoms with Gasteiger partial charge in [-0.2, -0.15) is 0 Å². The molecule has 5 nitrogen and oxygen atoms in total. The maximum absolute atomic E-state index is 6.04. The number of hydrogen-bond donors (Lipinski definition) is 1. The van der Waals surface area contributed by atoms with E-state index in [1.165, 1.54) is 0 Å². The van der Waals surface area contributed by atoms with E-state index in [9.17, 15) is 0 Å². The highest BCUT2D eigenvalue weighted by molar-refractivity contribution is 6.42. The van der Waals surface area contributed by atoms with Crippen molar-refractivity contribution in [3.8, 4) is 11.1 Å². The van der Waals surface area contributed by atoms with E-state index in [1.807, 2.05) is 13.0 Å². The molecule has 1 aromatic carbocycles. The van der Waals surface area contributed by atoms with Crippen molar-refractivity contribution in [3.63, 3.8) is 0 Å². The maximum Gasteiger partial charge on any atom is 0.223 e. The number of aromatic nitrogens is 4. The van der Waals surface area contributed by atoms with E-state index < -0.39 is 0 Å². The van der Waals surface area contributed by atoms with Crippen molar-refractivity contribution in [2.75, 3.05) is 5.32 Å². The summed E-state index contributed by atoms with van der Waals surface area (Å²) in [5, 5.41) is 4.17. The van der Waals surface area contributed by atoms with Crippen molar-refractivity contribution >= 4 is 29.2 Å². The average Bonchev–Trinajstić information content (AvgIpc) is 2.58. The number of nitrogens with one attached hydrogen (secondary N) is 1. The fraction of sp³-hybridized carbons (Fsp3) is 0.125. The van der Waals surface area contributed by atoms with Gasteiger partial charge in [-0.3, -0.25) is 0 Å². The highest BCUT2D eigenvalue weighted by atomic mass is 35.5. The summed E-state index contributed by atoms with van der Waals surface area (Å²) in [5.41, 5.74) is 1.79. The Morgan fingerprint density at radius 3 is 2.26 bits per heavy atom. The van der Waals surface area contributed by atoms with E-state index >= 15 is 0 Å². The topological polar surface area (TPSA) is 63.6 Å². The standard InChI is InChI=1S/C16H13Cl2N5/c1-10(23-16-19-5-2-6-20-16)15-21-8-12(9-22-15)11-3-4-13(17)14(18)7-11/h2-10H,1H3,(H,19,20,23)/t10-/m0/s1. The third-order valence-corrected chi connectivity index (χ3v) is 3.96. The van der Waals surface area contributed by atoms with Crippen LogP contribution in [-0.2, 0) is 0 Å². The van der Waals surface area contributed by atoms with Crippen molar-refractivity contribution < 1.29 is 0 Å². The van der Waals surface area contributed by atoms with Crippen LogP contribution in [0.1, 0.15) is 18.8 Å². The lowest BCUT2D eigenvalue weighted by molar-refractivity contribution is 0.777. The summed E-state index contributed by atoms with van der Waals surface area (Å²) < 4.78 is 0. The molecular formula is C16H13Cl2N5. The zero-order chi connectivity index (χ0) is 16.2. The molecule has 1 atom stereocenters. The van der Waals surface area contributed by atoms with Gasteiger partial charge in [-0.25, -0.2) is 19.9 Å². The zero-order valence-corrected chi connectivity index (χ0v) is 13.8. The quantitative estimate of drug-likeness (QED) is 0.758. The molecule has 116 valence electrons. The first-order chi connectivity index (χ1) is 11.1. The number of hydrogen-bond acceptors (Lipinski definition) is 5. The number of halogens is 2. The number of anilines is 1. The van der Waals surface area contributed by atoms with E-state index in [0.29, 0.717) is 21.8 Å². The Hall–Kier alpha value is -2.24. The molecule has 0 aliphatic heterocycles. The van der Waals surface area contributed by atoms with Crippen LogP contribution in [0.4, 0.5) is 5.95 Å². The maximum atomic E-state index is 6.04. The molecule has 0 spiro atoms. The van der Waals surface area contributed by atoms with Crippen LogP contribution >= 0.6 is 23.2 Å². The molecule has 7 heteroatoms. The molecule has 0 radical (unpaired) electrons. The minimum absolute atomic E-state index is 0.111. The Labute approximate surface area is 143 Å². The average molecular weight is 346 g/mol. The van der Waals surface area contributed by atoms with Gasteiger partial charge in [0.1, 0.15) is 5.82 Å². The van der Waals surface area contributed by atoms with Gasteiger partial charge in [0.05, 0.1) is 16.1 Å². The lowest BCUT2D eigenvalue weighted by atomic mass is 10.1. The predicted octanol–water partition coefficient (Wildman–Crippen LogP) is 4.41. The highest BCUT2D eigenvalue weighted by Gasteiger charge is 2.10.